The average molecular weight is 220 g/mol. The number of nitrogens with two attached hydrogens (primary N) is 1. The maximum atomic E-state index is 11.5. The van der Waals surface area contributed by atoms with E-state index in [1.807, 2.05) is 0 Å². The van der Waals surface area contributed by atoms with Crippen LogP contribution in [0, 0.1) is 0 Å². The van der Waals surface area contributed by atoms with E-state index in [2.05, 4.69) is 10.3 Å². The number of imide groups is 1. The number of carbonyl (C=O) groups excluding carboxylic acids is 2. The molecule has 2 heterocycles. The Balaban J connectivity index is 2.36. The van der Waals surface area contributed by atoms with Gasteiger partial charge in [-0.05, 0) is 19.1 Å². The largest absolute Gasteiger partial charge is 0.382 e. The lowest BCUT2D eigenvalue weighted by molar-refractivity contribution is -0.132. The highest BCUT2D eigenvalue weighted by Gasteiger charge is 2.31. The highest BCUT2D eigenvalue weighted by atomic mass is 16.2. The molecule has 3 N–H and O–H groups in total. The summed E-state index contributed by atoms with van der Waals surface area (Å²) in [7, 11) is 0. The summed E-state index contributed by atoms with van der Waals surface area (Å²) in [5.41, 5.74) is 6.32. The van der Waals surface area contributed by atoms with Crippen LogP contribution in [0.15, 0.2) is 18.3 Å². The van der Waals surface area contributed by atoms with Gasteiger partial charge in [-0.1, -0.05) is 0 Å². The molecule has 0 bridgehead atoms. The summed E-state index contributed by atoms with van der Waals surface area (Å²) < 4.78 is 0. The second-order valence-electron chi connectivity index (χ2n) is 3.62. The first-order chi connectivity index (χ1) is 7.59. The lowest BCUT2D eigenvalue weighted by atomic mass is 10.1. The predicted molar refractivity (Wildman–Crippen MR) is 58.6 cm³/mol. The van der Waals surface area contributed by atoms with Crippen LogP contribution in [0.2, 0.25) is 0 Å². The zero-order chi connectivity index (χ0) is 11.7. The van der Waals surface area contributed by atoms with Crippen molar-refractivity contribution in [2.24, 2.45) is 0 Å². The van der Waals surface area contributed by atoms with Gasteiger partial charge < -0.3 is 10.6 Å². The number of rotatable bonds is 1. The van der Waals surface area contributed by atoms with Crippen LogP contribution in [0.4, 0.5) is 11.5 Å². The number of aromatic nitrogens is 1. The molecule has 1 aromatic rings. The summed E-state index contributed by atoms with van der Waals surface area (Å²) in [6.45, 7) is 1.83. The summed E-state index contributed by atoms with van der Waals surface area (Å²) >= 11 is 0. The molecule has 0 spiro atoms. The van der Waals surface area contributed by atoms with Crippen molar-refractivity contribution in [3.05, 3.63) is 18.3 Å². The van der Waals surface area contributed by atoms with Gasteiger partial charge in [0, 0.05) is 6.20 Å². The van der Waals surface area contributed by atoms with E-state index < -0.39 is 6.04 Å². The van der Waals surface area contributed by atoms with Crippen molar-refractivity contribution in [1.82, 2.24) is 10.3 Å². The molecule has 0 aliphatic carbocycles. The van der Waals surface area contributed by atoms with E-state index in [9.17, 15) is 9.59 Å². The number of nitrogen functional groups attached to an aromatic ring is 1. The van der Waals surface area contributed by atoms with Crippen LogP contribution >= 0.6 is 0 Å². The third-order valence-electron chi connectivity index (χ3n) is 2.55. The van der Waals surface area contributed by atoms with Gasteiger partial charge in [-0.2, -0.15) is 0 Å². The Morgan fingerprint density at radius 1 is 1.56 bits per heavy atom. The van der Waals surface area contributed by atoms with Crippen LogP contribution in [0.3, 0.4) is 0 Å². The van der Waals surface area contributed by atoms with Gasteiger partial charge in [-0.25, -0.2) is 4.98 Å². The first-order valence-corrected chi connectivity index (χ1v) is 4.90. The number of nitrogens with one attached hydrogen (secondary N) is 1. The summed E-state index contributed by atoms with van der Waals surface area (Å²) in [6, 6.07) is 3.03. The quantitative estimate of drug-likeness (QED) is 0.624. The molecule has 1 aliphatic heterocycles. The van der Waals surface area contributed by atoms with Crippen molar-refractivity contribution in [3.8, 4) is 0 Å². The van der Waals surface area contributed by atoms with Crippen molar-refractivity contribution < 1.29 is 9.59 Å². The van der Waals surface area contributed by atoms with Crippen LogP contribution < -0.4 is 16.0 Å². The Morgan fingerprint density at radius 3 is 3.00 bits per heavy atom. The molecule has 1 saturated heterocycles. The zero-order valence-electron chi connectivity index (χ0n) is 8.80. The highest BCUT2D eigenvalue weighted by molar-refractivity contribution is 6.04. The number of anilines is 2. The number of hydrogen-bond donors (Lipinski definition) is 2. The van der Waals surface area contributed by atoms with Crippen LogP contribution in [0.5, 0.6) is 0 Å². The number of amides is 2. The van der Waals surface area contributed by atoms with E-state index in [0.29, 0.717) is 11.5 Å². The van der Waals surface area contributed by atoms with Crippen LogP contribution in [0.1, 0.15) is 6.92 Å². The first-order valence-electron chi connectivity index (χ1n) is 4.90. The summed E-state index contributed by atoms with van der Waals surface area (Å²) in [5, 5.41) is 2.27. The molecule has 1 aromatic heterocycles. The Morgan fingerprint density at radius 2 is 2.31 bits per heavy atom. The molecule has 2 amide bonds. The molecule has 0 saturated carbocycles. The number of hydrogen-bond acceptors (Lipinski definition) is 5. The number of piperazine rings is 1. The maximum Gasteiger partial charge on any atom is 0.249 e. The highest BCUT2D eigenvalue weighted by Crippen LogP contribution is 2.23. The number of nitrogens with zero attached hydrogens (tertiary/aromatic N) is 2. The smallest absolute Gasteiger partial charge is 0.249 e. The first kappa shape index (κ1) is 10.4. The van der Waals surface area contributed by atoms with Gasteiger partial charge in [-0.3, -0.25) is 14.9 Å². The van der Waals surface area contributed by atoms with E-state index >= 15 is 0 Å². The van der Waals surface area contributed by atoms with Crippen LogP contribution in [-0.4, -0.2) is 29.4 Å². The van der Waals surface area contributed by atoms with Crippen molar-refractivity contribution in [1.29, 1.82) is 0 Å². The minimum Gasteiger partial charge on any atom is -0.382 e. The molecule has 1 fully saturated rings. The molecular formula is C10H12N4O2. The SMILES string of the molecule is CC1C(=O)NC(=O)CN1c1cccnc1N. The summed E-state index contributed by atoms with van der Waals surface area (Å²) in [4.78, 5) is 28.3. The Hall–Kier alpha value is -2.11. The second kappa shape index (κ2) is 3.80. The molecule has 0 aromatic carbocycles. The zero-order valence-corrected chi connectivity index (χ0v) is 8.80. The molecule has 1 unspecified atom stereocenters. The molecule has 0 radical (unpaired) electrons. The maximum absolute atomic E-state index is 11.5. The minimum absolute atomic E-state index is 0.114. The van der Waals surface area contributed by atoms with Gasteiger partial charge >= 0.3 is 0 Å². The molecule has 1 aliphatic rings. The van der Waals surface area contributed by atoms with Crippen LogP contribution in [0.25, 0.3) is 0 Å². The van der Waals surface area contributed by atoms with Gasteiger partial charge in [0.05, 0.1) is 12.2 Å². The topological polar surface area (TPSA) is 88.3 Å². The fourth-order valence-electron chi connectivity index (χ4n) is 1.66. The lowest BCUT2D eigenvalue weighted by Crippen LogP contribution is -2.57. The van der Waals surface area contributed by atoms with Crippen molar-refractivity contribution in [2.75, 3.05) is 17.2 Å². The molecule has 84 valence electrons. The predicted octanol–water partition coefficient (Wildman–Crippen LogP) is -0.485. The van der Waals surface area contributed by atoms with Gasteiger partial charge in [0.1, 0.15) is 11.9 Å². The normalized spacial score (nSPS) is 20.8. The lowest BCUT2D eigenvalue weighted by Gasteiger charge is -2.33. The minimum atomic E-state index is -0.427. The van der Waals surface area contributed by atoms with Gasteiger partial charge in [0.15, 0.2) is 0 Å². The summed E-state index contributed by atoms with van der Waals surface area (Å²) in [5.74, 6) is -0.331. The molecule has 6 nitrogen and oxygen atoms in total. The molecule has 6 heteroatoms. The average Bonchev–Trinajstić information content (AvgIpc) is 2.24. The van der Waals surface area contributed by atoms with E-state index in [1.165, 1.54) is 0 Å². The third kappa shape index (κ3) is 1.69. The Labute approximate surface area is 92.4 Å². The Bertz CT molecular complexity index is 446. The van der Waals surface area contributed by atoms with E-state index in [0.717, 1.165) is 0 Å². The van der Waals surface area contributed by atoms with Crippen molar-refractivity contribution >= 4 is 23.3 Å². The van der Waals surface area contributed by atoms with Crippen molar-refractivity contribution in [2.45, 2.75) is 13.0 Å². The molecule has 2 rings (SSSR count). The molecule has 16 heavy (non-hydrogen) atoms. The monoisotopic (exact) mass is 220 g/mol. The number of pyridine rings is 1. The van der Waals surface area contributed by atoms with Crippen LogP contribution in [-0.2, 0) is 9.59 Å². The summed E-state index contributed by atoms with van der Waals surface area (Å²) in [6.07, 6.45) is 1.56. The fraction of sp³-hybridized carbons (Fsp3) is 0.300. The van der Waals surface area contributed by atoms with E-state index in [4.69, 9.17) is 5.73 Å². The second-order valence-corrected chi connectivity index (χ2v) is 3.62. The molecular weight excluding hydrogens is 208 g/mol. The fourth-order valence-corrected chi connectivity index (χ4v) is 1.66. The Kier molecular flexibility index (Phi) is 2.47. The van der Waals surface area contributed by atoms with E-state index in [-0.39, 0.29) is 18.4 Å². The van der Waals surface area contributed by atoms with Gasteiger partial charge in [0.25, 0.3) is 0 Å². The molecule has 1 atom stereocenters. The van der Waals surface area contributed by atoms with Gasteiger partial charge in [-0.15, -0.1) is 0 Å². The third-order valence-corrected chi connectivity index (χ3v) is 2.55. The number of carbonyl (C=O) groups is 2. The van der Waals surface area contributed by atoms with Gasteiger partial charge in [0.2, 0.25) is 11.8 Å². The van der Waals surface area contributed by atoms with Crippen molar-refractivity contribution in [3.63, 3.8) is 0 Å². The standard InChI is InChI=1S/C10H12N4O2/c1-6-10(16)13-8(15)5-14(6)7-3-2-4-12-9(7)11/h2-4,6H,5H2,1H3,(H2,11,12)(H,13,15,16). The van der Waals surface area contributed by atoms with E-state index in [1.54, 1.807) is 30.2 Å².